The number of anilines is 1. The predicted molar refractivity (Wildman–Crippen MR) is 58.4 cm³/mol. The van der Waals surface area contributed by atoms with Crippen molar-refractivity contribution in [3.8, 4) is 0 Å². The lowest BCUT2D eigenvalue weighted by molar-refractivity contribution is 0.695. The summed E-state index contributed by atoms with van der Waals surface area (Å²) in [5.41, 5.74) is 7.37. The second-order valence-electron chi connectivity index (χ2n) is 3.61. The highest BCUT2D eigenvalue weighted by molar-refractivity contribution is 5.41. The Hall–Kier alpha value is -1.65. The zero-order chi connectivity index (χ0) is 10.7. The highest BCUT2D eigenvalue weighted by Crippen LogP contribution is 2.07. The summed E-state index contributed by atoms with van der Waals surface area (Å²) in [4.78, 5) is 0. The van der Waals surface area contributed by atoms with E-state index in [0.717, 1.165) is 18.5 Å². The van der Waals surface area contributed by atoms with Gasteiger partial charge >= 0.3 is 0 Å². The van der Waals surface area contributed by atoms with Crippen molar-refractivity contribution in [3.63, 3.8) is 0 Å². The van der Waals surface area contributed by atoms with Crippen LogP contribution in [0.4, 0.5) is 5.95 Å². The topological polar surface area (TPSA) is 69.1 Å². The molecule has 0 spiro atoms. The van der Waals surface area contributed by atoms with Gasteiger partial charge in [0.05, 0.1) is 5.69 Å². The molecule has 0 bridgehead atoms. The van der Waals surface area contributed by atoms with Crippen LogP contribution < -0.4 is 5.73 Å². The predicted octanol–water partition coefficient (Wildman–Crippen LogP) is 1.44. The Kier molecular flexibility index (Phi) is 2.80. The van der Waals surface area contributed by atoms with E-state index in [1.807, 2.05) is 12.1 Å². The third kappa shape index (κ3) is 2.06. The Morgan fingerprint density at radius 1 is 1.27 bits per heavy atom. The Bertz CT molecular complexity index is 448. The molecule has 0 fully saturated rings. The fourth-order valence-electron chi connectivity index (χ4n) is 1.53. The zero-order valence-electron chi connectivity index (χ0n) is 8.85. The first kappa shape index (κ1) is 9.89. The molecular weight excluding hydrogens is 190 g/mol. The summed E-state index contributed by atoms with van der Waals surface area (Å²) >= 11 is 0. The molecule has 0 radical (unpaired) electrons. The van der Waals surface area contributed by atoms with E-state index in [4.69, 9.17) is 5.73 Å². The molecule has 15 heavy (non-hydrogen) atoms. The van der Waals surface area contributed by atoms with Gasteiger partial charge in [0, 0.05) is 0 Å². The van der Waals surface area contributed by atoms with Crippen molar-refractivity contribution in [3.05, 3.63) is 17.8 Å². The number of hydrogen-bond donors (Lipinski definition) is 1. The number of fused-ring (bicyclic) bond motifs is 1. The Labute approximate surface area is 88.3 Å². The molecular formula is C10H15N5. The van der Waals surface area contributed by atoms with Crippen LogP contribution in [0.25, 0.3) is 5.65 Å². The standard InChI is InChI=1S/C10H15N5/c1-2-3-4-5-8-6-7-9-12-13-10(11)15(9)14-8/h6-7H,2-5H2,1H3,(H2,11,13). The minimum Gasteiger partial charge on any atom is -0.366 e. The first-order valence-corrected chi connectivity index (χ1v) is 5.28. The van der Waals surface area contributed by atoms with E-state index in [1.165, 1.54) is 12.8 Å². The maximum atomic E-state index is 5.63. The Morgan fingerprint density at radius 2 is 2.13 bits per heavy atom. The van der Waals surface area contributed by atoms with Gasteiger partial charge in [0.1, 0.15) is 0 Å². The van der Waals surface area contributed by atoms with E-state index in [-0.39, 0.29) is 0 Å². The van der Waals surface area contributed by atoms with Crippen LogP contribution in [-0.4, -0.2) is 19.8 Å². The number of nitrogen functional groups attached to an aromatic ring is 1. The number of nitrogens with two attached hydrogens (primary N) is 1. The van der Waals surface area contributed by atoms with Crippen molar-refractivity contribution >= 4 is 11.6 Å². The lowest BCUT2D eigenvalue weighted by Gasteiger charge is -2.00. The third-order valence-corrected chi connectivity index (χ3v) is 2.38. The molecule has 0 saturated carbocycles. The molecule has 2 heterocycles. The number of aryl methyl sites for hydroxylation is 1. The van der Waals surface area contributed by atoms with Crippen LogP contribution >= 0.6 is 0 Å². The average molecular weight is 205 g/mol. The lowest BCUT2D eigenvalue weighted by Crippen LogP contribution is -2.01. The average Bonchev–Trinajstić information content (AvgIpc) is 2.61. The van der Waals surface area contributed by atoms with Crippen LogP contribution in [0.1, 0.15) is 31.9 Å². The summed E-state index contributed by atoms with van der Waals surface area (Å²) in [6, 6.07) is 3.89. The highest BCUT2D eigenvalue weighted by atomic mass is 15.4. The first-order chi connectivity index (χ1) is 7.31. The number of aromatic nitrogens is 4. The van der Waals surface area contributed by atoms with Crippen molar-refractivity contribution < 1.29 is 0 Å². The molecule has 2 aromatic heterocycles. The van der Waals surface area contributed by atoms with Gasteiger partial charge in [-0.2, -0.15) is 9.61 Å². The van der Waals surface area contributed by atoms with Gasteiger partial charge in [-0.3, -0.25) is 0 Å². The van der Waals surface area contributed by atoms with Crippen molar-refractivity contribution in [1.82, 2.24) is 19.8 Å². The quantitative estimate of drug-likeness (QED) is 0.767. The van der Waals surface area contributed by atoms with Gasteiger partial charge in [-0.1, -0.05) is 19.8 Å². The molecule has 2 rings (SSSR count). The largest absolute Gasteiger partial charge is 0.366 e. The van der Waals surface area contributed by atoms with E-state index < -0.39 is 0 Å². The third-order valence-electron chi connectivity index (χ3n) is 2.38. The van der Waals surface area contributed by atoms with Crippen LogP contribution in [0, 0.1) is 0 Å². The zero-order valence-corrected chi connectivity index (χ0v) is 8.85. The van der Waals surface area contributed by atoms with Crippen LogP contribution in [-0.2, 0) is 6.42 Å². The smallest absolute Gasteiger partial charge is 0.243 e. The molecule has 0 aromatic carbocycles. The van der Waals surface area contributed by atoms with Gasteiger partial charge in [0.25, 0.3) is 0 Å². The molecule has 5 heteroatoms. The first-order valence-electron chi connectivity index (χ1n) is 5.28. The van der Waals surface area contributed by atoms with Gasteiger partial charge < -0.3 is 5.73 Å². The second kappa shape index (κ2) is 4.25. The molecule has 0 aliphatic heterocycles. The fraction of sp³-hybridized carbons (Fsp3) is 0.500. The monoisotopic (exact) mass is 205 g/mol. The second-order valence-corrected chi connectivity index (χ2v) is 3.61. The van der Waals surface area contributed by atoms with Crippen LogP contribution in [0.15, 0.2) is 12.1 Å². The van der Waals surface area contributed by atoms with Crippen molar-refractivity contribution in [2.45, 2.75) is 32.6 Å². The van der Waals surface area contributed by atoms with E-state index in [0.29, 0.717) is 11.6 Å². The minimum atomic E-state index is 0.349. The molecule has 0 saturated heterocycles. The normalized spacial score (nSPS) is 11.0. The summed E-state index contributed by atoms with van der Waals surface area (Å²) < 4.78 is 1.58. The van der Waals surface area contributed by atoms with Crippen LogP contribution in [0.5, 0.6) is 0 Å². The molecule has 5 nitrogen and oxygen atoms in total. The number of rotatable bonds is 4. The number of nitrogens with zero attached hydrogens (tertiary/aromatic N) is 4. The van der Waals surface area contributed by atoms with E-state index >= 15 is 0 Å². The number of hydrogen-bond acceptors (Lipinski definition) is 4. The molecule has 0 amide bonds. The number of unbranched alkanes of at least 4 members (excludes halogenated alkanes) is 2. The maximum absolute atomic E-state index is 5.63. The van der Waals surface area contributed by atoms with Gasteiger partial charge in [-0.15, -0.1) is 10.2 Å². The summed E-state index contributed by atoms with van der Waals surface area (Å²) in [6.07, 6.45) is 4.60. The van der Waals surface area contributed by atoms with Gasteiger partial charge in [0.15, 0.2) is 5.65 Å². The highest BCUT2D eigenvalue weighted by Gasteiger charge is 2.03. The molecule has 80 valence electrons. The van der Waals surface area contributed by atoms with E-state index in [1.54, 1.807) is 4.52 Å². The molecule has 2 aromatic rings. The Morgan fingerprint density at radius 3 is 2.93 bits per heavy atom. The summed E-state index contributed by atoms with van der Waals surface area (Å²) in [7, 11) is 0. The summed E-state index contributed by atoms with van der Waals surface area (Å²) in [6.45, 7) is 2.19. The van der Waals surface area contributed by atoms with Crippen molar-refractivity contribution in [1.29, 1.82) is 0 Å². The minimum absolute atomic E-state index is 0.349. The SMILES string of the molecule is CCCCCc1ccc2nnc(N)n2n1. The molecule has 0 unspecified atom stereocenters. The van der Waals surface area contributed by atoms with Crippen LogP contribution in [0.2, 0.25) is 0 Å². The van der Waals surface area contributed by atoms with Crippen LogP contribution in [0.3, 0.4) is 0 Å². The summed E-state index contributed by atoms with van der Waals surface area (Å²) in [5.74, 6) is 0.349. The maximum Gasteiger partial charge on any atom is 0.243 e. The Balaban J connectivity index is 2.18. The van der Waals surface area contributed by atoms with Gasteiger partial charge in [0.2, 0.25) is 5.95 Å². The van der Waals surface area contributed by atoms with E-state index in [9.17, 15) is 0 Å². The van der Waals surface area contributed by atoms with Gasteiger partial charge in [-0.05, 0) is 25.0 Å². The van der Waals surface area contributed by atoms with Crippen molar-refractivity contribution in [2.75, 3.05) is 5.73 Å². The summed E-state index contributed by atoms with van der Waals surface area (Å²) in [5, 5.41) is 12.0. The molecule has 0 aliphatic carbocycles. The lowest BCUT2D eigenvalue weighted by atomic mass is 10.1. The fourth-order valence-corrected chi connectivity index (χ4v) is 1.53. The molecule has 2 N–H and O–H groups in total. The van der Waals surface area contributed by atoms with Crippen molar-refractivity contribution in [2.24, 2.45) is 0 Å². The van der Waals surface area contributed by atoms with E-state index in [2.05, 4.69) is 22.2 Å². The molecule has 0 atom stereocenters. The molecule has 0 aliphatic rings. The van der Waals surface area contributed by atoms with Gasteiger partial charge in [-0.25, -0.2) is 0 Å².